The molecule has 28 heavy (non-hydrogen) atoms. The highest BCUT2D eigenvalue weighted by molar-refractivity contribution is 5.96. The number of aromatic nitrogens is 3. The predicted octanol–water partition coefficient (Wildman–Crippen LogP) is 4.35. The molecule has 4 aromatic rings. The number of nitrogens with zero attached hydrogens (tertiary/aromatic N) is 3. The molecule has 0 aliphatic carbocycles. The number of fused-ring (bicyclic) bond motifs is 1. The first-order valence-electron chi connectivity index (χ1n) is 9.38. The van der Waals surface area contributed by atoms with E-state index >= 15 is 0 Å². The molecule has 0 aliphatic heterocycles. The van der Waals surface area contributed by atoms with Gasteiger partial charge >= 0.3 is 0 Å². The molecule has 0 saturated carbocycles. The van der Waals surface area contributed by atoms with Gasteiger partial charge in [-0.3, -0.25) is 9.97 Å². The van der Waals surface area contributed by atoms with E-state index in [1.54, 1.807) is 0 Å². The Morgan fingerprint density at radius 2 is 1.71 bits per heavy atom. The number of pyridine rings is 3. The van der Waals surface area contributed by atoms with Gasteiger partial charge in [-0.25, -0.2) is 4.98 Å². The summed E-state index contributed by atoms with van der Waals surface area (Å²) < 4.78 is 5.68. The minimum Gasteiger partial charge on any atom is -0.478 e. The molecule has 4 rings (SSSR count). The van der Waals surface area contributed by atoms with Crippen LogP contribution < -0.4 is 10.1 Å². The molecule has 0 fully saturated rings. The van der Waals surface area contributed by atoms with Crippen molar-refractivity contribution in [3.8, 4) is 28.1 Å². The van der Waals surface area contributed by atoms with Crippen LogP contribution in [0.4, 0.5) is 0 Å². The Kier molecular flexibility index (Phi) is 5.54. The van der Waals surface area contributed by atoms with Gasteiger partial charge in [0.2, 0.25) is 5.88 Å². The fourth-order valence-corrected chi connectivity index (χ4v) is 3.17. The van der Waals surface area contributed by atoms with E-state index in [1.165, 1.54) is 0 Å². The lowest BCUT2D eigenvalue weighted by atomic mass is 9.98. The van der Waals surface area contributed by atoms with Crippen LogP contribution in [0.25, 0.3) is 33.2 Å². The molecule has 0 saturated heterocycles. The van der Waals surface area contributed by atoms with E-state index in [2.05, 4.69) is 38.5 Å². The summed E-state index contributed by atoms with van der Waals surface area (Å²) in [4.78, 5) is 13.1. The van der Waals surface area contributed by atoms with Crippen molar-refractivity contribution in [3.63, 3.8) is 0 Å². The summed E-state index contributed by atoms with van der Waals surface area (Å²) in [6, 6.07) is 16.3. The molecular formula is C23H22N4O. The number of benzene rings is 1. The molecule has 5 nitrogen and oxygen atoms in total. The van der Waals surface area contributed by atoms with Gasteiger partial charge in [-0.1, -0.05) is 6.07 Å². The maximum atomic E-state index is 5.68. The van der Waals surface area contributed by atoms with Gasteiger partial charge in [0, 0.05) is 41.8 Å². The molecule has 0 aliphatic rings. The number of hydrogen-bond acceptors (Lipinski definition) is 5. The van der Waals surface area contributed by atoms with E-state index in [4.69, 9.17) is 4.74 Å². The van der Waals surface area contributed by atoms with E-state index < -0.39 is 0 Å². The number of rotatable bonds is 7. The summed E-state index contributed by atoms with van der Waals surface area (Å²) in [7, 11) is 1.94. The van der Waals surface area contributed by atoms with Crippen LogP contribution in [0.15, 0.2) is 73.3 Å². The smallest absolute Gasteiger partial charge is 0.213 e. The van der Waals surface area contributed by atoms with Crippen LogP contribution in [-0.4, -0.2) is 35.2 Å². The lowest BCUT2D eigenvalue weighted by molar-refractivity contribution is 0.298. The van der Waals surface area contributed by atoms with Crippen molar-refractivity contribution in [2.75, 3.05) is 20.2 Å². The van der Waals surface area contributed by atoms with Gasteiger partial charge in [-0.05, 0) is 73.1 Å². The minimum absolute atomic E-state index is 0.653. The Morgan fingerprint density at radius 3 is 2.50 bits per heavy atom. The average molecular weight is 370 g/mol. The molecule has 3 aromatic heterocycles. The van der Waals surface area contributed by atoms with Gasteiger partial charge in [-0.2, -0.15) is 0 Å². The Hall–Kier alpha value is -3.31. The molecule has 0 bridgehead atoms. The van der Waals surface area contributed by atoms with Crippen LogP contribution in [0.5, 0.6) is 5.88 Å². The van der Waals surface area contributed by atoms with Crippen molar-refractivity contribution >= 4 is 10.9 Å². The van der Waals surface area contributed by atoms with Gasteiger partial charge in [-0.15, -0.1) is 0 Å². The van der Waals surface area contributed by atoms with Crippen molar-refractivity contribution in [1.29, 1.82) is 0 Å². The average Bonchev–Trinajstić information content (AvgIpc) is 2.77. The maximum Gasteiger partial charge on any atom is 0.213 e. The SMILES string of the molecule is CNCCCOc1ccc(-c2ccc3nccc(-c4ccncc4)c3c2)cn1. The zero-order valence-electron chi connectivity index (χ0n) is 15.8. The zero-order valence-corrected chi connectivity index (χ0v) is 15.8. The van der Waals surface area contributed by atoms with Gasteiger partial charge < -0.3 is 10.1 Å². The molecule has 1 N–H and O–H groups in total. The van der Waals surface area contributed by atoms with Crippen LogP contribution in [0.2, 0.25) is 0 Å². The fourth-order valence-electron chi connectivity index (χ4n) is 3.17. The normalized spacial score (nSPS) is 10.9. The number of nitrogens with one attached hydrogen (secondary N) is 1. The largest absolute Gasteiger partial charge is 0.478 e. The van der Waals surface area contributed by atoms with Gasteiger partial charge in [0.15, 0.2) is 0 Å². The third-order valence-electron chi connectivity index (χ3n) is 4.62. The summed E-state index contributed by atoms with van der Waals surface area (Å²) in [6.45, 7) is 1.59. The van der Waals surface area contributed by atoms with Crippen molar-refractivity contribution < 1.29 is 4.74 Å². The number of ether oxygens (including phenoxy) is 1. The molecule has 0 atom stereocenters. The maximum absolute atomic E-state index is 5.68. The van der Waals surface area contributed by atoms with Crippen LogP contribution in [0, 0.1) is 0 Å². The van der Waals surface area contributed by atoms with Gasteiger partial charge in [0.25, 0.3) is 0 Å². The minimum atomic E-state index is 0.653. The Morgan fingerprint density at radius 1 is 0.857 bits per heavy atom. The predicted molar refractivity (Wildman–Crippen MR) is 112 cm³/mol. The first-order valence-corrected chi connectivity index (χ1v) is 9.38. The van der Waals surface area contributed by atoms with E-state index in [9.17, 15) is 0 Å². The molecule has 140 valence electrons. The van der Waals surface area contributed by atoms with Crippen molar-refractivity contribution in [1.82, 2.24) is 20.3 Å². The monoisotopic (exact) mass is 370 g/mol. The highest BCUT2D eigenvalue weighted by Gasteiger charge is 2.07. The lowest BCUT2D eigenvalue weighted by Crippen LogP contribution is -2.11. The first-order chi connectivity index (χ1) is 13.8. The Bertz CT molecular complexity index is 1050. The molecule has 1 aromatic carbocycles. The zero-order chi connectivity index (χ0) is 19.2. The van der Waals surface area contributed by atoms with Crippen LogP contribution in [0.3, 0.4) is 0 Å². The van der Waals surface area contributed by atoms with Crippen molar-refractivity contribution in [2.24, 2.45) is 0 Å². The molecule has 5 heteroatoms. The van der Waals surface area contributed by atoms with Crippen LogP contribution >= 0.6 is 0 Å². The summed E-state index contributed by atoms with van der Waals surface area (Å²) in [5.41, 5.74) is 5.39. The van der Waals surface area contributed by atoms with Crippen molar-refractivity contribution in [2.45, 2.75) is 6.42 Å². The summed E-state index contributed by atoms with van der Waals surface area (Å²) in [6.07, 6.45) is 8.28. The summed E-state index contributed by atoms with van der Waals surface area (Å²) in [5.74, 6) is 0.653. The number of hydrogen-bond donors (Lipinski definition) is 1. The Labute approximate surface area is 164 Å². The second-order valence-corrected chi connectivity index (χ2v) is 6.52. The molecule has 3 heterocycles. The molecule has 0 amide bonds. The van der Waals surface area contributed by atoms with E-state index in [0.717, 1.165) is 46.1 Å². The molecule has 0 unspecified atom stereocenters. The van der Waals surface area contributed by atoms with E-state index in [0.29, 0.717) is 12.5 Å². The quantitative estimate of drug-likeness (QED) is 0.490. The molecule has 0 radical (unpaired) electrons. The summed E-state index contributed by atoms with van der Waals surface area (Å²) >= 11 is 0. The Balaban J connectivity index is 1.63. The standard InChI is InChI=1S/C23H22N4O/c1-24-10-2-14-28-23-6-4-19(16-27-23)18-3-5-22-21(15-18)20(9-13-26-22)17-7-11-25-12-8-17/h3-9,11-13,15-16,24H,2,10,14H2,1H3. The second-order valence-electron chi connectivity index (χ2n) is 6.52. The third-order valence-corrected chi connectivity index (χ3v) is 4.62. The van der Waals surface area contributed by atoms with E-state index in [1.807, 2.05) is 62.2 Å². The molecular weight excluding hydrogens is 348 g/mol. The van der Waals surface area contributed by atoms with Crippen molar-refractivity contribution in [3.05, 3.63) is 73.3 Å². The lowest BCUT2D eigenvalue weighted by Gasteiger charge is -2.09. The first kappa shape index (κ1) is 18.1. The molecule has 0 spiro atoms. The van der Waals surface area contributed by atoms with Crippen LogP contribution in [0.1, 0.15) is 6.42 Å². The van der Waals surface area contributed by atoms with Crippen LogP contribution in [-0.2, 0) is 0 Å². The highest BCUT2D eigenvalue weighted by Crippen LogP contribution is 2.31. The third kappa shape index (κ3) is 4.00. The fraction of sp³-hybridized carbons (Fsp3) is 0.174. The summed E-state index contributed by atoms with van der Waals surface area (Å²) in [5, 5.41) is 4.22. The van der Waals surface area contributed by atoms with Gasteiger partial charge in [0.05, 0.1) is 12.1 Å². The highest BCUT2D eigenvalue weighted by atomic mass is 16.5. The van der Waals surface area contributed by atoms with Gasteiger partial charge in [0.1, 0.15) is 0 Å². The van der Waals surface area contributed by atoms with E-state index in [-0.39, 0.29) is 0 Å². The topological polar surface area (TPSA) is 59.9 Å². The second kappa shape index (κ2) is 8.59.